The number of para-hydroxylation sites is 1. The number of anilines is 1. The van der Waals surface area contributed by atoms with Gasteiger partial charge in [0.1, 0.15) is 11.3 Å². The lowest BCUT2D eigenvalue weighted by Crippen LogP contribution is -2.03. The number of methoxy groups -OCH3 is 1. The molecule has 0 aliphatic rings. The number of thiazole rings is 1. The lowest BCUT2D eigenvalue weighted by Gasteiger charge is -2.02. The number of hydrogen-bond acceptors (Lipinski definition) is 7. The van der Waals surface area contributed by atoms with Gasteiger partial charge in [0.25, 0.3) is 0 Å². The predicted octanol–water partition coefficient (Wildman–Crippen LogP) is 5.02. The van der Waals surface area contributed by atoms with Crippen LogP contribution >= 0.6 is 22.9 Å². The van der Waals surface area contributed by atoms with E-state index in [1.54, 1.807) is 43.0 Å². The Hall–Kier alpha value is -3.16. The largest absolute Gasteiger partial charge is 0.496 e. The summed E-state index contributed by atoms with van der Waals surface area (Å²) in [6, 6.07) is 14.4. The van der Waals surface area contributed by atoms with Gasteiger partial charge in [-0.1, -0.05) is 23.7 Å². The molecule has 0 saturated heterocycles. The minimum Gasteiger partial charge on any atom is -0.496 e. The monoisotopic (exact) mass is 411 g/mol. The van der Waals surface area contributed by atoms with Crippen molar-refractivity contribution >= 4 is 45.3 Å². The van der Waals surface area contributed by atoms with E-state index in [9.17, 15) is 4.79 Å². The third-order valence-electron chi connectivity index (χ3n) is 3.98. The summed E-state index contributed by atoms with van der Waals surface area (Å²) in [6.45, 7) is 0. The van der Waals surface area contributed by atoms with Crippen LogP contribution in [0.15, 0.2) is 68.2 Å². The van der Waals surface area contributed by atoms with Crippen LogP contribution in [-0.4, -0.2) is 18.3 Å². The van der Waals surface area contributed by atoms with Crippen LogP contribution in [0.25, 0.3) is 22.2 Å². The lowest BCUT2D eigenvalue weighted by atomic mass is 10.1. The molecule has 6 nitrogen and oxygen atoms in total. The van der Waals surface area contributed by atoms with Gasteiger partial charge in [0.15, 0.2) is 0 Å². The van der Waals surface area contributed by atoms with Crippen molar-refractivity contribution in [1.82, 2.24) is 4.98 Å². The van der Waals surface area contributed by atoms with E-state index in [0.717, 1.165) is 16.7 Å². The number of nitrogens with zero attached hydrogens (tertiary/aromatic N) is 2. The summed E-state index contributed by atoms with van der Waals surface area (Å²) in [5.74, 6) is 0.723. The van der Waals surface area contributed by atoms with Crippen LogP contribution in [0.3, 0.4) is 0 Å². The van der Waals surface area contributed by atoms with Gasteiger partial charge in [0.05, 0.1) is 24.6 Å². The van der Waals surface area contributed by atoms with Gasteiger partial charge in [0, 0.05) is 21.4 Å². The van der Waals surface area contributed by atoms with Crippen molar-refractivity contribution in [3.63, 3.8) is 0 Å². The number of fused-ring (bicyclic) bond motifs is 1. The van der Waals surface area contributed by atoms with Crippen molar-refractivity contribution < 1.29 is 9.15 Å². The van der Waals surface area contributed by atoms with E-state index < -0.39 is 5.63 Å². The van der Waals surface area contributed by atoms with Crippen LogP contribution < -0.4 is 15.8 Å². The summed E-state index contributed by atoms with van der Waals surface area (Å²) in [4.78, 5) is 16.7. The number of rotatable bonds is 5. The first-order valence-corrected chi connectivity index (χ1v) is 9.51. The van der Waals surface area contributed by atoms with E-state index in [1.807, 2.05) is 24.3 Å². The highest BCUT2D eigenvalue weighted by atomic mass is 35.5. The molecule has 0 bridgehead atoms. The molecule has 2 heterocycles. The molecule has 2 aromatic heterocycles. The molecule has 0 atom stereocenters. The summed E-state index contributed by atoms with van der Waals surface area (Å²) in [6.07, 6.45) is 1.65. The van der Waals surface area contributed by atoms with Gasteiger partial charge in [-0.05, 0) is 36.4 Å². The van der Waals surface area contributed by atoms with Gasteiger partial charge in [-0.15, -0.1) is 11.3 Å². The van der Waals surface area contributed by atoms with Crippen molar-refractivity contribution in [2.75, 3.05) is 12.5 Å². The molecule has 0 unspecified atom stereocenters. The average Bonchev–Trinajstić information content (AvgIpc) is 3.17. The Kier molecular flexibility index (Phi) is 5.10. The second kappa shape index (κ2) is 7.84. The van der Waals surface area contributed by atoms with Gasteiger partial charge in [-0.2, -0.15) is 5.10 Å². The average molecular weight is 412 g/mol. The van der Waals surface area contributed by atoms with Crippen LogP contribution in [0.1, 0.15) is 5.56 Å². The number of hydrogen-bond donors (Lipinski definition) is 1. The first kappa shape index (κ1) is 18.2. The zero-order chi connectivity index (χ0) is 19.5. The Morgan fingerprint density at radius 1 is 1.25 bits per heavy atom. The number of aromatic nitrogens is 1. The van der Waals surface area contributed by atoms with Gasteiger partial charge in [-0.25, -0.2) is 9.78 Å². The van der Waals surface area contributed by atoms with E-state index >= 15 is 0 Å². The minimum absolute atomic E-state index is 0.368. The lowest BCUT2D eigenvalue weighted by molar-refractivity contribution is 0.414. The standard InChI is InChI=1S/C20H14ClN3O3S/c1-26-17-5-3-2-4-12(17)10-22-24-20-23-16(11-28-20)15-9-13-8-14(21)6-7-18(13)27-19(15)25/h2-11H,1H3,(H,23,24)/b22-10-. The maximum atomic E-state index is 12.3. The summed E-state index contributed by atoms with van der Waals surface area (Å²) in [5.41, 5.74) is 4.61. The molecule has 140 valence electrons. The maximum absolute atomic E-state index is 12.3. The fourth-order valence-electron chi connectivity index (χ4n) is 2.65. The first-order chi connectivity index (χ1) is 13.6. The Morgan fingerprint density at radius 3 is 2.96 bits per heavy atom. The number of ether oxygens (including phenoxy) is 1. The third-order valence-corrected chi connectivity index (χ3v) is 4.96. The molecular weight excluding hydrogens is 398 g/mol. The molecule has 1 N–H and O–H groups in total. The van der Waals surface area contributed by atoms with E-state index in [4.69, 9.17) is 20.8 Å². The fraction of sp³-hybridized carbons (Fsp3) is 0.0500. The molecule has 4 rings (SSSR count). The molecule has 0 aliphatic carbocycles. The molecule has 0 fully saturated rings. The van der Waals surface area contributed by atoms with Crippen LogP contribution in [0.5, 0.6) is 5.75 Å². The molecular formula is C20H14ClN3O3S. The number of nitrogens with one attached hydrogen (secondary N) is 1. The van der Waals surface area contributed by atoms with Gasteiger partial charge < -0.3 is 9.15 Å². The maximum Gasteiger partial charge on any atom is 0.345 e. The second-order valence-corrected chi connectivity index (χ2v) is 7.07. The highest BCUT2D eigenvalue weighted by molar-refractivity contribution is 7.14. The SMILES string of the molecule is COc1ccccc1/C=N\Nc1nc(-c2cc3cc(Cl)ccc3oc2=O)cs1. The fourth-order valence-corrected chi connectivity index (χ4v) is 3.49. The molecule has 0 amide bonds. The Labute approximate surface area is 169 Å². The van der Waals surface area contributed by atoms with Crippen LogP contribution in [0.2, 0.25) is 5.02 Å². The highest BCUT2D eigenvalue weighted by Gasteiger charge is 2.12. The van der Waals surface area contributed by atoms with E-state index in [-0.39, 0.29) is 0 Å². The smallest absolute Gasteiger partial charge is 0.345 e. The van der Waals surface area contributed by atoms with Crippen LogP contribution in [0.4, 0.5) is 5.13 Å². The topological polar surface area (TPSA) is 76.7 Å². The quantitative estimate of drug-likeness (QED) is 0.283. The van der Waals surface area contributed by atoms with Crippen LogP contribution in [0, 0.1) is 0 Å². The van der Waals surface area contributed by atoms with E-state index in [1.165, 1.54) is 11.3 Å². The molecule has 0 saturated carbocycles. The Balaban J connectivity index is 1.58. The zero-order valence-electron chi connectivity index (χ0n) is 14.7. The number of halogens is 1. The van der Waals surface area contributed by atoms with Crippen molar-refractivity contribution in [1.29, 1.82) is 0 Å². The second-order valence-electron chi connectivity index (χ2n) is 5.78. The van der Waals surface area contributed by atoms with Crippen molar-refractivity contribution in [2.24, 2.45) is 5.10 Å². The number of hydrazone groups is 1. The summed E-state index contributed by atoms with van der Waals surface area (Å²) >= 11 is 7.35. The molecule has 0 radical (unpaired) electrons. The molecule has 28 heavy (non-hydrogen) atoms. The van der Waals surface area contributed by atoms with Crippen LogP contribution in [-0.2, 0) is 0 Å². The van der Waals surface area contributed by atoms with Crippen molar-refractivity contribution in [3.05, 3.63) is 74.9 Å². The summed E-state index contributed by atoms with van der Waals surface area (Å²) < 4.78 is 10.6. The minimum atomic E-state index is -0.454. The highest BCUT2D eigenvalue weighted by Crippen LogP contribution is 2.26. The van der Waals surface area contributed by atoms with Gasteiger partial charge in [0.2, 0.25) is 5.13 Å². The van der Waals surface area contributed by atoms with Crippen molar-refractivity contribution in [2.45, 2.75) is 0 Å². The summed E-state index contributed by atoms with van der Waals surface area (Å²) in [5, 5.41) is 7.80. The Morgan fingerprint density at radius 2 is 2.11 bits per heavy atom. The van der Waals surface area contributed by atoms with E-state index in [2.05, 4.69) is 15.5 Å². The first-order valence-electron chi connectivity index (χ1n) is 8.25. The van der Waals surface area contributed by atoms with Gasteiger partial charge >= 0.3 is 5.63 Å². The van der Waals surface area contributed by atoms with E-state index in [0.29, 0.717) is 27.0 Å². The Bertz CT molecular complexity index is 1230. The normalized spacial score (nSPS) is 11.2. The third kappa shape index (κ3) is 3.76. The molecule has 2 aromatic carbocycles. The molecule has 0 spiro atoms. The number of benzene rings is 2. The summed E-state index contributed by atoms with van der Waals surface area (Å²) in [7, 11) is 1.61. The molecule has 0 aliphatic heterocycles. The van der Waals surface area contributed by atoms with Gasteiger partial charge in [-0.3, -0.25) is 5.43 Å². The van der Waals surface area contributed by atoms with Crippen molar-refractivity contribution in [3.8, 4) is 17.0 Å². The zero-order valence-corrected chi connectivity index (χ0v) is 16.3. The molecule has 4 aromatic rings. The molecule has 8 heteroatoms. The predicted molar refractivity (Wildman–Crippen MR) is 113 cm³/mol.